The van der Waals surface area contributed by atoms with Crippen LogP contribution in [0.25, 0.3) is 0 Å². The fraction of sp³-hybridized carbons (Fsp3) is 0.412. The van der Waals surface area contributed by atoms with Crippen LogP contribution in [0.3, 0.4) is 0 Å². The molecule has 0 saturated carbocycles. The minimum Gasteiger partial charge on any atom is -0.361 e. The maximum Gasteiger partial charge on any atom is 0.191 e. The first-order chi connectivity index (χ1) is 11.0. The number of benzene rings is 1. The normalized spacial score (nSPS) is 13.0. The molecule has 0 aliphatic rings. The fourth-order valence-corrected chi connectivity index (χ4v) is 2.55. The zero-order valence-corrected chi connectivity index (χ0v) is 14.0. The Bertz CT molecular complexity index is 644. The first-order valence-electron chi connectivity index (χ1n) is 7.63. The fourth-order valence-electron chi connectivity index (χ4n) is 2.55. The third-order valence-corrected chi connectivity index (χ3v) is 3.75. The predicted molar refractivity (Wildman–Crippen MR) is 89.0 cm³/mol. The van der Waals surface area contributed by atoms with Crippen LogP contribution in [0.4, 0.5) is 4.39 Å². The lowest BCUT2D eigenvalue weighted by Crippen LogP contribution is -2.38. The minimum absolute atomic E-state index is 0.232. The number of rotatable bonds is 5. The Kier molecular flexibility index (Phi) is 5.73. The molecule has 0 radical (unpaired) electrons. The van der Waals surface area contributed by atoms with Crippen molar-refractivity contribution in [3.63, 3.8) is 0 Å². The van der Waals surface area contributed by atoms with Crippen molar-refractivity contribution in [2.75, 3.05) is 13.6 Å². The van der Waals surface area contributed by atoms with Gasteiger partial charge in [0.15, 0.2) is 5.96 Å². The van der Waals surface area contributed by atoms with Gasteiger partial charge in [0.2, 0.25) is 0 Å². The summed E-state index contributed by atoms with van der Waals surface area (Å²) in [6.07, 6.45) is 0. The van der Waals surface area contributed by atoms with Gasteiger partial charge in [0.05, 0.1) is 5.69 Å². The van der Waals surface area contributed by atoms with Gasteiger partial charge in [-0.3, -0.25) is 4.99 Å². The van der Waals surface area contributed by atoms with Gasteiger partial charge in [-0.1, -0.05) is 24.2 Å². The van der Waals surface area contributed by atoms with E-state index in [-0.39, 0.29) is 11.7 Å². The average Bonchev–Trinajstić information content (AvgIpc) is 2.88. The van der Waals surface area contributed by atoms with Crippen molar-refractivity contribution in [2.24, 2.45) is 4.99 Å². The first-order valence-corrected chi connectivity index (χ1v) is 7.63. The van der Waals surface area contributed by atoms with Gasteiger partial charge in [0, 0.05) is 31.6 Å². The number of nitrogens with one attached hydrogen (secondary N) is 2. The van der Waals surface area contributed by atoms with Crippen LogP contribution in [0.2, 0.25) is 0 Å². The van der Waals surface area contributed by atoms with Crippen LogP contribution in [0.1, 0.15) is 35.4 Å². The Hall–Kier alpha value is -2.37. The van der Waals surface area contributed by atoms with Crippen LogP contribution in [0.5, 0.6) is 0 Å². The summed E-state index contributed by atoms with van der Waals surface area (Å²) in [6, 6.07) is 6.41. The quantitative estimate of drug-likeness (QED) is 0.657. The number of nitrogens with zero attached hydrogens (tertiary/aromatic N) is 2. The number of guanidine groups is 1. The SMILES string of the molecule is CN=C(NCc1ccc(F)cc1)NCC(C)c1c(C)noc1C. The molecule has 0 fully saturated rings. The third-order valence-electron chi connectivity index (χ3n) is 3.75. The highest BCUT2D eigenvalue weighted by molar-refractivity contribution is 5.79. The van der Waals surface area contributed by atoms with Crippen LogP contribution in [-0.4, -0.2) is 24.7 Å². The highest BCUT2D eigenvalue weighted by Crippen LogP contribution is 2.22. The molecule has 0 spiro atoms. The smallest absolute Gasteiger partial charge is 0.191 e. The van der Waals surface area contributed by atoms with E-state index in [1.54, 1.807) is 19.2 Å². The molecule has 0 amide bonds. The monoisotopic (exact) mass is 318 g/mol. The maximum atomic E-state index is 12.9. The highest BCUT2D eigenvalue weighted by Gasteiger charge is 2.16. The van der Waals surface area contributed by atoms with Crippen molar-refractivity contribution < 1.29 is 8.91 Å². The third kappa shape index (κ3) is 4.55. The Morgan fingerprint density at radius 1 is 1.26 bits per heavy atom. The lowest BCUT2D eigenvalue weighted by atomic mass is 10.00. The molecule has 124 valence electrons. The van der Waals surface area contributed by atoms with E-state index < -0.39 is 0 Å². The largest absolute Gasteiger partial charge is 0.361 e. The topological polar surface area (TPSA) is 62.5 Å². The molecule has 1 unspecified atom stereocenters. The second kappa shape index (κ2) is 7.76. The van der Waals surface area contributed by atoms with E-state index in [4.69, 9.17) is 4.52 Å². The Labute approximate surface area is 136 Å². The van der Waals surface area contributed by atoms with E-state index in [1.165, 1.54) is 12.1 Å². The lowest BCUT2D eigenvalue weighted by Gasteiger charge is -2.16. The van der Waals surface area contributed by atoms with E-state index in [0.29, 0.717) is 19.0 Å². The summed E-state index contributed by atoms with van der Waals surface area (Å²) in [5, 5.41) is 10.5. The summed E-state index contributed by atoms with van der Waals surface area (Å²) in [6.45, 7) is 7.29. The number of aromatic nitrogens is 1. The van der Waals surface area contributed by atoms with Crippen LogP contribution < -0.4 is 10.6 Å². The van der Waals surface area contributed by atoms with Gasteiger partial charge in [-0.25, -0.2) is 4.39 Å². The standard InChI is InChI=1S/C17H23FN4O/c1-11(16-12(2)22-23-13(16)3)9-20-17(19-4)21-10-14-5-7-15(18)8-6-14/h5-8,11H,9-10H2,1-4H3,(H2,19,20,21). The molecule has 1 atom stereocenters. The molecule has 0 bridgehead atoms. The molecular formula is C17H23FN4O. The highest BCUT2D eigenvalue weighted by atomic mass is 19.1. The van der Waals surface area contributed by atoms with Crippen molar-refractivity contribution in [2.45, 2.75) is 33.2 Å². The second-order valence-electron chi connectivity index (χ2n) is 5.57. The van der Waals surface area contributed by atoms with Crippen molar-refractivity contribution in [1.82, 2.24) is 15.8 Å². The molecule has 0 aliphatic carbocycles. The van der Waals surface area contributed by atoms with Crippen LogP contribution in [0.15, 0.2) is 33.8 Å². The molecule has 2 aromatic rings. The maximum absolute atomic E-state index is 12.9. The summed E-state index contributed by atoms with van der Waals surface area (Å²) in [5.41, 5.74) is 3.05. The molecular weight excluding hydrogens is 295 g/mol. The second-order valence-corrected chi connectivity index (χ2v) is 5.57. The average molecular weight is 318 g/mol. The van der Waals surface area contributed by atoms with Crippen molar-refractivity contribution in [3.05, 3.63) is 52.7 Å². The van der Waals surface area contributed by atoms with Crippen LogP contribution in [-0.2, 0) is 6.54 Å². The lowest BCUT2D eigenvalue weighted by molar-refractivity contribution is 0.391. The first kappa shape index (κ1) is 17.0. The summed E-state index contributed by atoms with van der Waals surface area (Å²) in [4.78, 5) is 4.20. The summed E-state index contributed by atoms with van der Waals surface area (Å²) < 4.78 is 18.1. The molecule has 2 rings (SSSR count). The van der Waals surface area contributed by atoms with Crippen molar-refractivity contribution in [1.29, 1.82) is 0 Å². The summed E-state index contributed by atoms with van der Waals surface area (Å²) in [5.74, 6) is 1.58. The zero-order valence-electron chi connectivity index (χ0n) is 14.0. The van der Waals surface area contributed by atoms with Gasteiger partial charge in [0.1, 0.15) is 11.6 Å². The molecule has 1 aromatic heterocycles. The van der Waals surface area contributed by atoms with Gasteiger partial charge in [-0.05, 0) is 31.5 Å². The number of halogens is 1. The van der Waals surface area contributed by atoms with Gasteiger partial charge < -0.3 is 15.2 Å². The molecule has 6 heteroatoms. The van der Waals surface area contributed by atoms with E-state index in [0.717, 1.165) is 22.6 Å². The molecule has 0 aliphatic heterocycles. The van der Waals surface area contributed by atoms with E-state index >= 15 is 0 Å². The van der Waals surface area contributed by atoms with Crippen molar-refractivity contribution in [3.8, 4) is 0 Å². The Morgan fingerprint density at radius 2 is 1.96 bits per heavy atom. The molecule has 1 heterocycles. The zero-order chi connectivity index (χ0) is 16.8. The summed E-state index contributed by atoms with van der Waals surface area (Å²) >= 11 is 0. The molecule has 5 nitrogen and oxygen atoms in total. The number of hydrogen-bond acceptors (Lipinski definition) is 3. The Balaban J connectivity index is 1.86. The van der Waals surface area contributed by atoms with Gasteiger partial charge in [0.25, 0.3) is 0 Å². The number of aliphatic imine (C=N–C) groups is 1. The Morgan fingerprint density at radius 3 is 2.52 bits per heavy atom. The predicted octanol–water partition coefficient (Wildman–Crippen LogP) is 2.90. The van der Waals surface area contributed by atoms with Crippen LogP contribution >= 0.6 is 0 Å². The van der Waals surface area contributed by atoms with E-state index in [9.17, 15) is 4.39 Å². The minimum atomic E-state index is -0.232. The van der Waals surface area contributed by atoms with Crippen LogP contribution in [0, 0.1) is 19.7 Å². The van der Waals surface area contributed by atoms with Gasteiger partial charge >= 0.3 is 0 Å². The van der Waals surface area contributed by atoms with E-state index in [2.05, 4.69) is 27.7 Å². The molecule has 0 saturated heterocycles. The molecule has 23 heavy (non-hydrogen) atoms. The van der Waals surface area contributed by atoms with E-state index in [1.807, 2.05) is 13.8 Å². The van der Waals surface area contributed by atoms with Crippen molar-refractivity contribution >= 4 is 5.96 Å². The van der Waals surface area contributed by atoms with Gasteiger partial charge in [-0.2, -0.15) is 0 Å². The molecule has 1 aromatic carbocycles. The van der Waals surface area contributed by atoms with Gasteiger partial charge in [-0.15, -0.1) is 0 Å². The number of hydrogen-bond donors (Lipinski definition) is 2. The molecule has 2 N–H and O–H groups in total. The number of aryl methyl sites for hydroxylation is 2. The summed E-state index contributed by atoms with van der Waals surface area (Å²) in [7, 11) is 1.72.